The maximum Gasteiger partial charge on any atom is 0.307 e. The van der Waals surface area contributed by atoms with Crippen LogP contribution < -0.4 is 10.7 Å². The molecule has 5 heterocycles. The second-order valence-corrected chi connectivity index (χ2v) is 13.8. The zero-order chi connectivity index (χ0) is 34.1. The van der Waals surface area contributed by atoms with Crippen molar-refractivity contribution in [3.63, 3.8) is 0 Å². The summed E-state index contributed by atoms with van der Waals surface area (Å²) in [6.45, 7) is 13.6. The summed E-state index contributed by atoms with van der Waals surface area (Å²) in [4.78, 5) is 42.5. The van der Waals surface area contributed by atoms with E-state index in [1.165, 1.54) is 36.0 Å². The van der Waals surface area contributed by atoms with E-state index in [0.29, 0.717) is 19.3 Å². The van der Waals surface area contributed by atoms with Crippen molar-refractivity contribution < 1.29 is 19.1 Å². The highest BCUT2D eigenvalue weighted by Gasteiger charge is 2.31. The van der Waals surface area contributed by atoms with Crippen molar-refractivity contribution in [3.05, 3.63) is 78.5 Å². The largest absolute Gasteiger partial charge is 0.449 e. The Balaban J connectivity index is 1.50. The van der Waals surface area contributed by atoms with E-state index >= 15 is 0 Å². The van der Waals surface area contributed by atoms with Crippen LogP contribution >= 0.6 is 11.6 Å². The number of carbonyl (C=O) groups excluding carboxylic acids is 2. The quantitative estimate of drug-likeness (QED) is 0.111. The second kappa shape index (κ2) is 14.5. The minimum absolute atomic E-state index is 0.0187. The Morgan fingerprint density at radius 3 is 2.62 bits per heavy atom. The number of aromatic nitrogens is 3. The van der Waals surface area contributed by atoms with E-state index in [1.54, 1.807) is 0 Å². The van der Waals surface area contributed by atoms with Gasteiger partial charge in [-0.1, -0.05) is 44.7 Å². The van der Waals surface area contributed by atoms with E-state index in [4.69, 9.17) is 26.1 Å². The first kappa shape index (κ1) is 34.3. The molecule has 0 aromatic carbocycles. The van der Waals surface area contributed by atoms with E-state index < -0.39 is 0 Å². The van der Waals surface area contributed by atoms with Crippen LogP contribution in [0.3, 0.4) is 0 Å². The molecule has 2 atom stereocenters. The minimum atomic E-state index is -0.342. The molecule has 2 aliphatic heterocycles. The molecule has 1 aliphatic carbocycles. The molecule has 2 unspecified atom stereocenters. The lowest BCUT2D eigenvalue weighted by Crippen LogP contribution is -2.16. The maximum atomic E-state index is 13.6. The third-order valence-corrected chi connectivity index (χ3v) is 10.7. The van der Waals surface area contributed by atoms with E-state index in [2.05, 4.69) is 61.7 Å². The number of nitrogens with zero attached hydrogens (tertiary/aromatic N) is 1. The topological polar surface area (TPSA) is 112 Å². The highest BCUT2D eigenvalue weighted by molar-refractivity contribution is 6.22. The number of H-pyrrole nitrogens is 3. The summed E-state index contributed by atoms with van der Waals surface area (Å²) >= 11 is 5.68. The molecule has 8 bridgehead atoms. The van der Waals surface area contributed by atoms with Crippen molar-refractivity contribution in [1.29, 1.82) is 0 Å². The molecule has 0 fully saturated rings. The van der Waals surface area contributed by atoms with Gasteiger partial charge in [0.2, 0.25) is 0 Å². The molecule has 48 heavy (non-hydrogen) atoms. The molecule has 9 heteroatoms. The van der Waals surface area contributed by atoms with Crippen LogP contribution in [0, 0.1) is 13.8 Å². The summed E-state index contributed by atoms with van der Waals surface area (Å²) in [6, 6.07) is 2.11. The molecule has 3 aromatic rings. The predicted octanol–water partition coefficient (Wildman–Crippen LogP) is 6.88. The first-order valence-corrected chi connectivity index (χ1v) is 18.2. The predicted molar refractivity (Wildman–Crippen MR) is 191 cm³/mol. The van der Waals surface area contributed by atoms with Gasteiger partial charge in [-0.3, -0.25) is 14.6 Å². The molecule has 0 saturated heterocycles. The number of ether oxygens (including phenoxy) is 2. The summed E-state index contributed by atoms with van der Waals surface area (Å²) in [7, 11) is 0. The van der Waals surface area contributed by atoms with Gasteiger partial charge in [0.15, 0.2) is 11.8 Å². The van der Waals surface area contributed by atoms with Crippen molar-refractivity contribution in [1.82, 2.24) is 15.0 Å². The Morgan fingerprint density at radius 1 is 1.06 bits per heavy atom. The number of allylic oxidation sites excluding steroid dienone is 1. The standard InChI is InChI=1S/C39H49ClN4O4/c1-7-9-10-11-14-47-24(6)28-15-25-16-30-22(4)27(12-13-36(46)48-20-40)38(43-30)29-17-35(45)37-23(5)32(44-39(29)37)19-33-26(8-2)21(3)31(42-33)18-34(28)41-25/h15,19,24,31,41,43-44H,7-14,16-18,20H2,1-6H3/b32-19-. The number of unbranched alkanes of at least 4 members (excludes halogenated alkanes) is 3. The molecular weight excluding hydrogens is 624 g/mol. The van der Waals surface area contributed by atoms with Crippen molar-refractivity contribution in [2.45, 2.75) is 118 Å². The lowest BCUT2D eigenvalue weighted by Gasteiger charge is -2.16. The summed E-state index contributed by atoms with van der Waals surface area (Å²) in [5.74, 6) is -0.239. The molecule has 3 aliphatic rings. The molecule has 0 radical (unpaired) electrons. The zero-order valence-corrected chi connectivity index (χ0v) is 30.0. The number of ketones is 1. The maximum absolute atomic E-state index is 13.6. The molecular formula is C39H49ClN4O4. The van der Waals surface area contributed by atoms with Gasteiger partial charge >= 0.3 is 5.97 Å². The van der Waals surface area contributed by atoms with Crippen molar-refractivity contribution >= 4 is 40.7 Å². The first-order chi connectivity index (χ1) is 23.1. The highest BCUT2D eigenvalue weighted by atomic mass is 35.5. The second-order valence-electron chi connectivity index (χ2n) is 13.6. The molecule has 256 valence electrons. The molecule has 0 spiro atoms. The monoisotopic (exact) mass is 672 g/mol. The van der Waals surface area contributed by atoms with Gasteiger partial charge in [0.25, 0.3) is 0 Å². The summed E-state index contributed by atoms with van der Waals surface area (Å²) in [5, 5.41) is 1.77. The van der Waals surface area contributed by atoms with Gasteiger partial charge in [-0.15, -0.1) is 0 Å². The number of aliphatic imine (C=N–C) groups is 1. The van der Waals surface area contributed by atoms with Gasteiger partial charge in [-0.05, 0) is 86.9 Å². The number of rotatable bonds is 12. The van der Waals surface area contributed by atoms with Crippen LogP contribution in [-0.4, -0.2) is 51.1 Å². The Morgan fingerprint density at radius 2 is 1.88 bits per heavy atom. The third kappa shape index (κ3) is 6.53. The van der Waals surface area contributed by atoms with E-state index in [-0.39, 0.29) is 36.4 Å². The molecule has 0 saturated carbocycles. The van der Waals surface area contributed by atoms with Crippen LogP contribution in [-0.2, 0) is 33.5 Å². The van der Waals surface area contributed by atoms with Gasteiger partial charge < -0.3 is 24.4 Å². The van der Waals surface area contributed by atoms with Gasteiger partial charge in [-0.25, -0.2) is 0 Å². The molecule has 8 nitrogen and oxygen atoms in total. The van der Waals surface area contributed by atoms with Crippen LogP contribution in [0.2, 0.25) is 0 Å². The number of halogens is 1. The Bertz CT molecular complexity index is 1920. The normalized spacial score (nSPS) is 18.4. The Hall–Kier alpha value is -3.62. The summed E-state index contributed by atoms with van der Waals surface area (Å²) in [5.41, 5.74) is 13.7. The molecule has 6 rings (SSSR count). The number of hydrogen-bond donors (Lipinski definition) is 3. The summed E-state index contributed by atoms with van der Waals surface area (Å²) < 4.78 is 11.5. The fraction of sp³-hybridized carbons (Fsp3) is 0.513. The molecule has 3 aromatic heterocycles. The number of nitrogens with one attached hydrogen (secondary N) is 3. The van der Waals surface area contributed by atoms with Crippen LogP contribution in [0.15, 0.2) is 22.2 Å². The van der Waals surface area contributed by atoms with E-state index in [9.17, 15) is 9.59 Å². The van der Waals surface area contributed by atoms with Crippen LogP contribution in [0.1, 0.15) is 134 Å². The number of aromatic amines is 3. The van der Waals surface area contributed by atoms with E-state index in [0.717, 1.165) is 92.9 Å². The number of esters is 1. The number of carbonyl (C=O) groups is 2. The smallest absolute Gasteiger partial charge is 0.307 e. The fourth-order valence-corrected chi connectivity index (χ4v) is 7.93. The Labute approximate surface area is 288 Å². The lowest BCUT2D eigenvalue weighted by molar-refractivity contribution is -0.141. The average Bonchev–Trinajstić information content (AvgIpc) is 3.83. The van der Waals surface area contributed by atoms with Gasteiger partial charge in [0.05, 0.1) is 23.2 Å². The number of hydrogen-bond acceptors (Lipinski definition) is 5. The number of fused-ring (bicyclic) bond motifs is 7. The van der Waals surface area contributed by atoms with Crippen molar-refractivity contribution in [2.75, 3.05) is 12.7 Å². The SMILES string of the molecule is CCCCCCOC(C)c1cc2[nH]c1CC1N=C(/C=c3\[nH]c4c(c3C)C(=O)CC=4c3[nH]c(c(C)c3CCC(=O)OCCl)C2)C(CC)=C1C. The van der Waals surface area contributed by atoms with Crippen LogP contribution in [0.5, 0.6) is 0 Å². The molecule has 3 N–H and O–H groups in total. The van der Waals surface area contributed by atoms with Crippen molar-refractivity contribution in [3.8, 4) is 0 Å². The lowest BCUT2D eigenvalue weighted by atomic mass is 9.96. The van der Waals surface area contributed by atoms with Gasteiger partial charge in [-0.2, -0.15) is 0 Å². The third-order valence-electron chi connectivity index (χ3n) is 10.6. The van der Waals surface area contributed by atoms with Crippen LogP contribution in [0.4, 0.5) is 0 Å². The van der Waals surface area contributed by atoms with Crippen LogP contribution in [0.25, 0.3) is 11.6 Å². The molecule has 0 amide bonds. The summed E-state index contributed by atoms with van der Waals surface area (Å²) in [6.07, 6.45) is 10.0. The number of alkyl halides is 1. The van der Waals surface area contributed by atoms with Crippen molar-refractivity contribution in [2.24, 2.45) is 4.99 Å². The van der Waals surface area contributed by atoms with E-state index in [1.807, 2.05) is 6.92 Å². The Kier molecular flexibility index (Phi) is 10.3. The fourth-order valence-electron chi connectivity index (χ4n) is 7.81. The zero-order valence-electron chi connectivity index (χ0n) is 29.3. The highest BCUT2D eigenvalue weighted by Crippen LogP contribution is 2.34. The average molecular weight is 673 g/mol. The first-order valence-electron chi connectivity index (χ1n) is 17.6. The number of Topliss-reactive ketones (excluding diaryl/α,β-unsaturated/α-hetero) is 1. The van der Waals surface area contributed by atoms with Gasteiger partial charge in [0, 0.05) is 77.1 Å². The minimum Gasteiger partial charge on any atom is -0.449 e. The van der Waals surface area contributed by atoms with Gasteiger partial charge in [0.1, 0.15) is 0 Å².